The maximum absolute atomic E-state index is 11.4. The van der Waals surface area contributed by atoms with Gasteiger partial charge in [0.1, 0.15) is 5.54 Å². The molecule has 1 fully saturated rings. The summed E-state index contributed by atoms with van der Waals surface area (Å²) in [5.74, 6) is -0.746. The number of ether oxygens (including phenoxy) is 1. The van der Waals surface area contributed by atoms with Gasteiger partial charge in [0, 0.05) is 19.1 Å². The number of nitrogens with one attached hydrogen (secondary N) is 1. The Balaban J connectivity index is 2.58. The lowest BCUT2D eigenvalue weighted by Gasteiger charge is -2.28. The summed E-state index contributed by atoms with van der Waals surface area (Å²) in [5.41, 5.74) is -0.771. The van der Waals surface area contributed by atoms with Gasteiger partial charge in [0.15, 0.2) is 0 Å². The molecular weight excluding hydrogens is 206 g/mol. The van der Waals surface area contributed by atoms with E-state index in [1.54, 1.807) is 0 Å². The maximum atomic E-state index is 11.4. The van der Waals surface area contributed by atoms with E-state index in [1.165, 1.54) is 0 Å². The predicted octanol–water partition coefficient (Wildman–Crippen LogP) is 1.79. The first-order valence-corrected chi connectivity index (χ1v) is 6.13. The van der Waals surface area contributed by atoms with Crippen molar-refractivity contribution in [2.75, 3.05) is 6.61 Å². The Morgan fingerprint density at radius 2 is 2.31 bits per heavy atom. The van der Waals surface area contributed by atoms with Crippen LogP contribution in [-0.2, 0) is 9.53 Å². The van der Waals surface area contributed by atoms with Gasteiger partial charge in [-0.2, -0.15) is 0 Å². The zero-order valence-corrected chi connectivity index (χ0v) is 10.5. The molecule has 1 rings (SSSR count). The summed E-state index contributed by atoms with van der Waals surface area (Å²) >= 11 is 0. The van der Waals surface area contributed by atoms with Gasteiger partial charge in [-0.15, -0.1) is 0 Å². The molecule has 2 N–H and O–H groups in total. The molecule has 0 aromatic heterocycles. The Kier molecular flexibility index (Phi) is 4.74. The van der Waals surface area contributed by atoms with Crippen molar-refractivity contribution in [1.82, 2.24) is 5.32 Å². The summed E-state index contributed by atoms with van der Waals surface area (Å²) < 4.78 is 5.64. The van der Waals surface area contributed by atoms with Gasteiger partial charge in [0.25, 0.3) is 0 Å². The molecule has 0 aromatic carbocycles. The summed E-state index contributed by atoms with van der Waals surface area (Å²) in [6, 6.07) is 0.182. The van der Waals surface area contributed by atoms with Crippen LogP contribution in [0.4, 0.5) is 0 Å². The highest BCUT2D eigenvalue weighted by atomic mass is 16.5. The van der Waals surface area contributed by atoms with E-state index in [0.717, 1.165) is 19.4 Å². The number of hydrogen-bond donors (Lipinski definition) is 2. The summed E-state index contributed by atoms with van der Waals surface area (Å²) in [6.45, 7) is 6.74. The summed E-state index contributed by atoms with van der Waals surface area (Å²) in [4.78, 5) is 11.4. The standard InChI is InChI=1S/C12H23NO3/c1-4-7-16-10-5-6-12(8-10,11(14)15)13-9(2)3/h9-10,13H,4-8H2,1-3H3,(H,14,15). The lowest BCUT2D eigenvalue weighted by atomic mass is 9.96. The van der Waals surface area contributed by atoms with Crippen LogP contribution in [0.15, 0.2) is 0 Å². The second-order valence-corrected chi connectivity index (χ2v) is 4.92. The van der Waals surface area contributed by atoms with Gasteiger partial charge in [-0.1, -0.05) is 6.92 Å². The van der Waals surface area contributed by atoms with Gasteiger partial charge >= 0.3 is 5.97 Å². The predicted molar refractivity (Wildman–Crippen MR) is 62.5 cm³/mol. The van der Waals surface area contributed by atoms with E-state index in [-0.39, 0.29) is 12.1 Å². The minimum atomic E-state index is -0.771. The van der Waals surface area contributed by atoms with Crippen molar-refractivity contribution in [2.45, 2.75) is 64.1 Å². The fraction of sp³-hybridized carbons (Fsp3) is 0.917. The number of carboxylic acid groups (broad SMARTS) is 1. The molecule has 0 radical (unpaired) electrons. The minimum Gasteiger partial charge on any atom is -0.480 e. The first-order chi connectivity index (χ1) is 7.50. The Bertz CT molecular complexity index is 242. The highest BCUT2D eigenvalue weighted by Crippen LogP contribution is 2.32. The van der Waals surface area contributed by atoms with Crippen LogP contribution in [0.25, 0.3) is 0 Å². The zero-order valence-electron chi connectivity index (χ0n) is 10.5. The molecule has 0 bridgehead atoms. The van der Waals surface area contributed by atoms with E-state index in [9.17, 15) is 9.90 Å². The summed E-state index contributed by atoms with van der Waals surface area (Å²) in [6.07, 6.45) is 3.16. The van der Waals surface area contributed by atoms with Crippen LogP contribution in [0, 0.1) is 0 Å². The first kappa shape index (κ1) is 13.5. The second kappa shape index (κ2) is 5.64. The molecule has 2 atom stereocenters. The maximum Gasteiger partial charge on any atom is 0.324 e. The molecule has 1 aliphatic rings. The molecule has 0 heterocycles. The fourth-order valence-corrected chi connectivity index (χ4v) is 2.37. The SMILES string of the molecule is CCCOC1CCC(NC(C)C)(C(=O)O)C1. The van der Waals surface area contributed by atoms with Crippen molar-refractivity contribution in [1.29, 1.82) is 0 Å². The zero-order chi connectivity index (χ0) is 12.2. The average molecular weight is 229 g/mol. The number of carboxylic acids is 1. The van der Waals surface area contributed by atoms with Crippen molar-refractivity contribution in [2.24, 2.45) is 0 Å². The van der Waals surface area contributed by atoms with Crippen LogP contribution in [0.2, 0.25) is 0 Å². The normalized spacial score (nSPS) is 29.9. The van der Waals surface area contributed by atoms with Gasteiger partial charge in [0.05, 0.1) is 6.10 Å². The number of aliphatic carboxylic acids is 1. The molecule has 0 aromatic rings. The Labute approximate surface area is 97.4 Å². The van der Waals surface area contributed by atoms with Crippen LogP contribution in [-0.4, -0.2) is 35.4 Å². The third-order valence-corrected chi connectivity index (χ3v) is 3.00. The van der Waals surface area contributed by atoms with Gasteiger partial charge < -0.3 is 9.84 Å². The Morgan fingerprint density at radius 3 is 2.81 bits per heavy atom. The number of hydrogen-bond acceptors (Lipinski definition) is 3. The van der Waals surface area contributed by atoms with Crippen LogP contribution in [0.3, 0.4) is 0 Å². The topological polar surface area (TPSA) is 58.6 Å². The van der Waals surface area contributed by atoms with Crippen molar-refractivity contribution in [3.63, 3.8) is 0 Å². The third-order valence-electron chi connectivity index (χ3n) is 3.00. The minimum absolute atomic E-state index is 0.0994. The van der Waals surface area contributed by atoms with Crippen molar-refractivity contribution in [3.05, 3.63) is 0 Å². The lowest BCUT2D eigenvalue weighted by molar-refractivity contribution is -0.145. The highest BCUT2D eigenvalue weighted by Gasteiger charge is 2.46. The molecule has 94 valence electrons. The molecule has 0 saturated heterocycles. The van der Waals surface area contributed by atoms with Crippen LogP contribution >= 0.6 is 0 Å². The van der Waals surface area contributed by atoms with Crippen LogP contribution < -0.4 is 5.32 Å². The molecule has 16 heavy (non-hydrogen) atoms. The molecule has 1 saturated carbocycles. The van der Waals surface area contributed by atoms with Crippen molar-refractivity contribution >= 4 is 5.97 Å². The molecular formula is C12H23NO3. The number of rotatable bonds is 6. The Hall–Kier alpha value is -0.610. The fourth-order valence-electron chi connectivity index (χ4n) is 2.37. The molecule has 4 nitrogen and oxygen atoms in total. The van der Waals surface area contributed by atoms with E-state index in [4.69, 9.17) is 4.74 Å². The van der Waals surface area contributed by atoms with E-state index < -0.39 is 11.5 Å². The quantitative estimate of drug-likeness (QED) is 0.729. The van der Waals surface area contributed by atoms with Gasteiger partial charge in [-0.3, -0.25) is 10.1 Å². The van der Waals surface area contributed by atoms with Gasteiger partial charge in [0.2, 0.25) is 0 Å². The van der Waals surface area contributed by atoms with E-state index >= 15 is 0 Å². The highest BCUT2D eigenvalue weighted by molar-refractivity contribution is 5.79. The first-order valence-electron chi connectivity index (χ1n) is 6.13. The van der Waals surface area contributed by atoms with Crippen LogP contribution in [0.1, 0.15) is 46.5 Å². The third kappa shape index (κ3) is 3.19. The smallest absolute Gasteiger partial charge is 0.324 e. The van der Waals surface area contributed by atoms with Gasteiger partial charge in [-0.05, 0) is 33.1 Å². The van der Waals surface area contributed by atoms with Crippen molar-refractivity contribution in [3.8, 4) is 0 Å². The van der Waals surface area contributed by atoms with Gasteiger partial charge in [-0.25, -0.2) is 0 Å². The molecule has 4 heteroatoms. The molecule has 0 spiro atoms. The monoisotopic (exact) mass is 229 g/mol. The van der Waals surface area contributed by atoms with Crippen molar-refractivity contribution < 1.29 is 14.6 Å². The summed E-state index contributed by atoms with van der Waals surface area (Å²) in [5, 5.41) is 12.5. The lowest BCUT2D eigenvalue weighted by Crippen LogP contribution is -2.53. The molecule has 1 aliphatic carbocycles. The average Bonchev–Trinajstić information content (AvgIpc) is 2.59. The van der Waals surface area contributed by atoms with E-state index in [2.05, 4.69) is 12.2 Å². The van der Waals surface area contributed by atoms with E-state index in [0.29, 0.717) is 12.8 Å². The van der Waals surface area contributed by atoms with Crippen LogP contribution in [0.5, 0.6) is 0 Å². The largest absolute Gasteiger partial charge is 0.480 e. The summed E-state index contributed by atoms with van der Waals surface area (Å²) in [7, 11) is 0. The van der Waals surface area contributed by atoms with E-state index in [1.807, 2.05) is 13.8 Å². The molecule has 0 amide bonds. The number of carbonyl (C=O) groups is 1. The molecule has 0 aliphatic heterocycles. The second-order valence-electron chi connectivity index (χ2n) is 4.92. The Morgan fingerprint density at radius 1 is 1.62 bits per heavy atom. The molecule has 2 unspecified atom stereocenters.